The summed E-state index contributed by atoms with van der Waals surface area (Å²) in [6.45, 7) is 5.40. The number of hydrogen-bond acceptors (Lipinski definition) is 8. The van der Waals surface area contributed by atoms with Gasteiger partial charge >= 0.3 is 0 Å². The topological polar surface area (TPSA) is 95.7 Å². The van der Waals surface area contributed by atoms with Crippen LogP contribution >= 0.6 is 11.8 Å². The average Bonchev–Trinajstić information content (AvgIpc) is 3.18. The zero-order valence-corrected chi connectivity index (χ0v) is 19.7. The molecule has 1 atom stereocenters. The first kappa shape index (κ1) is 23.0. The van der Waals surface area contributed by atoms with Crippen molar-refractivity contribution in [1.29, 1.82) is 0 Å². The van der Waals surface area contributed by atoms with Crippen LogP contribution in [0, 0.1) is 5.92 Å². The Hall–Kier alpha value is -3.20. The number of benzene rings is 2. The van der Waals surface area contributed by atoms with Gasteiger partial charge in [0, 0.05) is 12.0 Å². The van der Waals surface area contributed by atoms with Crippen molar-refractivity contribution >= 4 is 17.7 Å². The molecule has 0 saturated carbocycles. The Morgan fingerprint density at radius 3 is 2.58 bits per heavy atom. The molecule has 0 bridgehead atoms. The molecule has 2 heterocycles. The molecule has 0 saturated heterocycles. The maximum atomic E-state index is 12.7. The molecule has 8 nitrogen and oxygen atoms in total. The molecule has 0 fully saturated rings. The van der Waals surface area contributed by atoms with Crippen LogP contribution < -0.4 is 19.5 Å². The van der Waals surface area contributed by atoms with Crippen molar-refractivity contribution < 1.29 is 23.4 Å². The van der Waals surface area contributed by atoms with E-state index in [0.29, 0.717) is 24.3 Å². The number of hydrogen-bond donors (Lipinski definition) is 1. The first-order valence-electron chi connectivity index (χ1n) is 10.8. The van der Waals surface area contributed by atoms with Gasteiger partial charge in [-0.15, -0.1) is 10.2 Å². The van der Waals surface area contributed by atoms with Crippen LogP contribution in [-0.2, 0) is 4.79 Å². The number of fused-ring (bicyclic) bond motifs is 1. The van der Waals surface area contributed by atoms with Crippen molar-refractivity contribution in [2.24, 2.45) is 5.92 Å². The van der Waals surface area contributed by atoms with E-state index in [1.54, 1.807) is 7.11 Å². The number of methoxy groups -OCH3 is 1. The van der Waals surface area contributed by atoms with E-state index in [1.165, 1.54) is 11.8 Å². The monoisotopic (exact) mass is 469 g/mol. The molecule has 0 radical (unpaired) electrons. The summed E-state index contributed by atoms with van der Waals surface area (Å²) >= 11 is 1.20. The van der Waals surface area contributed by atoms with E-state index < -0.39 is 0 Å². The fourth-order valence-corrected chi connectivity index (χ4v) is 4.04. The molecule has 1 aliphatic heterocycles. The third kappa shape index (κ3) is 5.78. The number of ether oxygens (including phenoxy) is 3. The second-order valence-electron chi connectivity index (χ2n) is 7.94. The van der Waals surface area contributed by atoms with Gasteiger partial charge in [-0.25, -0.2) is 0 Å². The predicted molar refractivity (Wildman–Crippen MR) is 125 cm³/mol. The molecule has 174 valence electrons. The minimum absolute atomic E-state index is 0.116. The lowest BCUT2D eigenvalue weighted by atomic mass is 9.95. The third-order valence-corrected chi connectivity index (χ3v) is 6.00. The first-order chi connectivity index (χ1) is 16.0. The Kier molecular flexibility index (Phi) is 7.39. The van der Waals surface area contributed by atoms with Gasteiger partial charge in [0.25, 0.3) is 5.22 Å². The number of carbonyl (C=O) groups is 1. The fourth-order valence-electron chi connectivity index (χ4n) is 3.47. The molecule has 4 rings (SSSR count). The maximum Gasteiger partial charge on any atom is 0.277 e. The van der Waals surface area contributed by atoms with Gasteiger partial charge in [-0.3, -0.25) is 4.79 Å². The van der Waals surface area contributed by atoms with Crippen LogP contribution in [0.15, 0.2) is 52.1 Å². The maximum absolute atomic E-state index is 12.7. The molecule has 2 aromatic carbocycles. The summed E-state index contributed by atoms with van der Waals surface area (Å²) in [7, 11) is 1.61. The van der Waals surface area contributed by atoms with Gasteiger partial charge in [-0.2, -0.15) is 0 Å². The van der Waals surface area contributed by atoms with E-state index in [4.69, 9.17) is 18.6 Å². The van der Waals surface area contributed by atoms with Crippen molar-refractivity contribution in [3.63, 3.8) is 0 Å². The second-order valence-corrected chi connectivity index (χ2v) is 8.86. The molecule has 0 unspecified atom stereocenters. The highest BCUT2D eigenvalue weighted by atomic mass is 32.2. The molecule has 3 aromatic rings. The van der Waals surface area contributed by atoms with Crippen LogP contribution in [0.25, 0.3) is 11.5 Å². The Bertz CT molecular complexity index is 1080. The van der Waals surface area contributed by atoms with E-state index in [9.17, 15) is 4.79 Å². The van der Waals surface area contributed by atoms with Crippen LogP contribution in [-0.4, -0.2) is 42.2 Å². The lowest BCUT2D eigenvalue weighted by molar-refractivity contribution is -0.119. The van der Waals surface area contributed by atoms with Crippen molar-refractivity contribution in [3.8, 4) is 28.7 Å². The zero-order valence-electron chi connectivity index (χ0n) is 18.9. The Labute approximate surface area is 197 Å². The summed E-state index contributed by atoms with van der Waals surface area (Å²) in [5.41, 5.74) is 1.76. The Morgan fingerprint density at radius 2 is 1.85 bits per heavy atom. The number of carbonyl (C=O) groups excluding carboxylic acids is 1. The molecule has 1 N–H and O–H groups in total. The van der Waals surface area contributed by atoms with E-state index in [1.807, 2.05) is 42.5 Å². The van der Waals surface area contributed by atoms with E-state index in [2.05, 4.69) is 29.4 Å². The fraction of sp³-hybridized carbons (Fsp3) is 0.375. The lowest BCUT2D eigenvalue weighted by Gasteiger charge is -2.23. The van der Waals surface area contributed by atoms with Crippen LogP contribution in [0.4, 0.5) is 0 Å². The van der Waals surface area contributed by atoms with E-state index in [0.717, 1.165) is 34.8 Å². The van der Waals surface area contributed by atoms with Crippen LogP contribution in [0.3, 0.4) is 0 Å². The average molecular weight is 470 g/mol. The summed E-state index contributed by atoms with van der Waals surface area (Å²) in [6.07, 6.45) is 0.849. The van der Waals surface area contributed by atoms with E-state index >= 15 is 0 Å². The number of amides is 1. The normalized spacial score (nSPS) is 13.9. The number of nitrogens with zero attached hydrogens (tertiary/aromatic N) is 2. The van der Waals surface area contributed by atoms with Crippen LogP contribution in [0.5, 0.6) is 17.2 Å². The van der Waals surface area contributed by atoms with Crippen molar-refractivity contribution in [2.75, 3.05) is 26.1 Å². The third-order valence-electron chi connectivity index (χ3n) is 5.18. The van der Waals surface area contributed by atoms with Crippen LogP contribution in [0.2, 0.25) is 0 Å². The van der Waals surface area contributed by atoms with Gasteiger partial charge in [-0.05, 0) is 47.9 Å². The number of thioether (sulfide) groups is 1. The minimum atomic E-state index is -0.159. The van der Waals surface area contributed by atoms with Gasteiger partial charge in [-0.1, -0.05) is 31.7 Å². The molecule has 33 heavy (non-hydrogen) atoms. The van der Waals surface area contributed by atoms with E-state index in [-0.39, 0.29) is 23.6 Å². The molecule has 0 aliphatic carbocycles. The highest BCUT2D eigenvalue weighted by Crippen LogP contribution is 2.34. The Balaban J connectivity index is 1.37. The Morgan fingerprint density at radius 1 is 1.09 bits per heavy atom. The zero-order chi connectivity index (χ0) is 23.2. The second kappa shape index (κ2) is 10.6. The molecule has 9 heteroatoms. The summed E-state index contributed by atoms with van der Waals surface area (Å²) < 4.78 is 22.4. The van der Waals surface area contributed by atoms with Gasteiger partial charge in [0.1, 0.15) is 5.75 Å². The molecular weight excluding hydrogens is 442 g/mol. The van der Waals surface area contributed by atoms with Gasteiger partial charge < -0.3 is 23.9 Å². The van der Waals surface area contributed by atoms with Crippen molar-refractivity contribution in [2.45, 2.75) is 31.5 Å². The van der Waals surface area contributed by atoms with Crippen molar-refractivity contribution in [1.82, 2.24) is 15.5 Å². The highest BCUT2D eigenvalue weighted by molar-refractivity contribution is 7.99. The lowest BCUT2D eigenvalue weighted by Crippen LogP contribution is -2.33. The molecular formula is C24H27N3O5S. The number of rotatable bonds is 8. The summed E-state index contributed by atoms with van der Waals surface area (Å²) in [5, 5.41) is 11.6. The molecule has 1 aliphatic rings. The number of aromatic nitrogens is 2. The highest BCUT2D eigenvalue weighted by Gasteiger charge is 2.22. The quantitative estimate of drug-likeness (QED) is 0.482. The van der Waals surface area contributed by atoms with Gasteiger partial charge in [0.2, 0.25) is 11.8 Å². The molecule has 0 spiro atoms. The smallest absolute Gasteiger partial charge is 0.277 e. The summed E-state index contributed by atoms with van der Waals surface area (Å²) in [6, 6.07) is 13.0. The van der Waals surface area contributed by atoms with Gasteiger partial charge in [0.05, 0.1) is 32.1 Å². The first-order valence-corrected chi connectivity index (χ1v) is 11.8. The van der Waals surface area contributed by atoms with Gasteiger partial charge in [0.15, 0.2) is 11.5 Å². The summed E-state index contributed by atoms with van der Waals surface area (Å²) in [5.74, 6) is 2.84. The largest absolute Gasteiger partial charge is 0.497 e. The standard InChI is InChI=1S/C24H27N3O5S/c1-15(2)22(17-7-10-19-20(13-17)31-12-4-11-30-19)25-21(28)14-33-24-27-26-23(32-24)16-5-8-18(29-3)9-6-16/h5-10,13,15,22H,4,11-12,14H2,1-3H3,(H,25,28)/t22-/m1/s1. The minimum Gasteiger partial charge on any atom is -0.497 e. The summed E-state index contributed by atoms with van der Waals surface area (Å²) in [4.78, 5) is 12.7. The van der Waals surface area contributed by atoms with Crippen molar-refractivity contribution in [3.05, 3.63) is 48.0 Å². The number of nitrogens with one attached hydrogen (secondary N) is 1. The molecule has 1 aromatic heterocycles. The SMILES string of the molecule is COc1ccc(-c2nnc(SCC(=O)N[C@@H](c3ccc4c(c3)OCCCO4)C(C)C)o2)cc1. The predicted octanol–water partition coefficient (Wildman–Crippen LogP) is 4.51. The van der Waals surface area contributed by atoms with Crippen LogP contribution in [0.1, 0.15) is 31.9 Å². The molecule has 1 amide bonds.